The van der Waals surface area contributed by atoms with Gasteiger partial charge in [0.15, 0.2) is 0 Å². The molecule has 2 aromatic rings. The van der Waals surface area contributed by atoms with Crippen molar-refractivity contribution in [1.82, 2.24) is 25.2 Å². The summed E-state index contributed by atoms with van der Waals surface area (Å²) >= 11 is 1.64. The number of aliphatic hydroxyl groups is 1. The van der Waals surface area contributed by atoms with Crippen molar-refractivity contribution in [3.05, 3.63) is 24.3 Å². The molecular weight excluding hydrogens is 482 g/mol. The van der Waals surface area contributed by atoms with Crippen molar-refractivity contribution in [2.75, 3.05) is 19.8 Å². The maximum Gasteiger partial charge on any atom is 0.310 e. The van der Waals surface area contributed by atoms with Gasteiger partial charge in [-0.05, 0) is 44.7 Å². The molecule has 10 nitrogen and oxygen atoms in total. The van der Waals surface area contributed by atoms with Gasteiger partial charge < -0.3 is 20.1 Å². The number of thioether (sulfide) groups is 1. The fraction of sp³-hybridized carbons (Fsp3) is 0.640. The number of benzene rings is 1. The molecule has 1 spiro atoms. The number of amides is 2. The van der Waals surface area contributed by atoms with Crippen molar-refractivity contribution in [2.24, 2.45) is 11.8 Å². The SMILES string of the molecule is CCOC(=O)[C@@H]1[C@@H]2CCC3(S2)C(C(=O)NCn2nnc4ccccc42)N(CCCCCCO)C(=O)[C@H]13. The number of carbonyl (C=O) groups is 3. The van der Waals surface area contributed by atoms with Gasteiger partial charge in [-0.1, -0.05) is 30.2 Å². The van der Waals surface area contributed by atoms with Crippen molar-refractivity contribution < 1.29 is 24.2 Å². The molecule has 0 saturated carbocycles. The van der Waals surface area contributed by atoms with E-state index in [4.69, 9.17) is 9.84 Å². The molecule has 2 bridgehead atoms. The monoisotopic (exact) mass is 515 g/mol. The topological polar surface area (TPSA) is 127 Å². The smallest absolute Gasteiger partial charge is 0.310 e. The number of aliphatic hydroxyl groups excluding tert-OH is 1. The molecule has 11 heteroatoms. The average Bonchev–Trinajstić information content (AvgIpc) is 3.62. The van der Waals surface area contributed by atoms with Gasteiger partial charge in [-0.3, -0.25) is 14.4 Å². The summed E-state index contributed by atoms with van der Waals surface area (Å²) in [7, 11) is 0. The molecule has 0 aliphatic carbocycles. The van der Waals surface area contributed by atoms with Gasteiger partial charge in [0.05, 0.1) is 28.7 Å². The fourth-order valence-electron chi connectivity index (χ4n) is 6.23. The van der Waals surface area contributed by atoms with Crippen molar-refractivity contribution in [1.29, 1.82) is 0 Å². The molecule has 0 radical (unpaired) electrons. The summed E-state index contributed by atoms with van der Waals surface area (Å²) < 4.78 is 6.37. The molecule has 2 amide bonds. The lowest BCUT2D eigenvalue weighted by atomic mass is 9.71. The highest BCUT2D eigenvalue weighted by atomic mass is 32.2. The summed E-state index contributed by atoms with van der Waals surface area (Å²) in [6.45, 7) is 2.78. The summed E-state index contributed by atoms with van der Waals surface area (Å²) in [6.07, 6.45) is 4.70. The zero-order valence-corrected chi connectivity index (χ0v) is 21.3. The number of esters is 1. The lowest BCUT2D eigenvalue weighted by Gasteiger charge is -2.34. The predicted octanol–water partition coefficient (Wildman–Crippen LogP) is 1.71. The summed E-state index contributed by atoms with van der Waals surface area (Å²) in [5.41, 5.74) is 1.56. The first-order valence-electron chi connectivity index (χ1n) is 12.8. The molecule has 1 aromatic heterocycles. The van der Waals surface area contributed by atoms with Gasteiger partial charge in [-0.15, -0.1) is 16.9 Å². The number of para-hydroxylation sites is 1. The number of carbonyl (C=O) groups excluding carboxylic acids is 3. The predicted molar refractivity (Wildman–Crippen MR) is 134 cm³/mol. The molecule has 194 valence electrons. The number of likely N-dealkylation sites (tertiary alicyclic amines) is 1. The van der Waals surface area contributed by atoms with Crippen LogP contribution in [0.1, 0.15) is 45.4 Å². The van der Waals surface area contributed by atoms with E-state index in [1.165, 1.54) is 0 Å². The molecule has 2 N–H and O–H groups in total. The van der Waals surface area contributed by atoms with Crippen LogP contribution in [0.2, 0.25) is 0 Å². The van der Waals surface area contributed by atoms with E-state index in [1.807, 2.05) is 24.3 Å². The van der Waals surface area contributed by atoms with E-state index in [0.717, 1.165) is 49.6 Å². The van der Waals surface area contributed by atoms with Crippen LogP contribution < -0.4 is 5.32 Å². The van der Waals surface area contributed by atoms with Gasteiger partial charge >= 0.3 is 5.97 Å². The number of hydrogen-bond donors (Lipinski definition) is 2. The standard InChI is InChI=1S/C25H33N5O5S/c1-2-35-24(34)19-18-11-12-25(36-18)20(19)23(33)29(13-7-3-4-8-14-31)21(25)22(32)26-15-30-17-10-6-5-9-16(17)27-28-30/h5-6,9-10,18-21,31H,2-4,7-8,11-15H2,1H3,(H,26,32)/t18-,19+,20-,21?,25?/m0/s1. The third-order valence-corrected chi connectivity index (χ3v) is 9.69. The van der Waals surface area contributed by atoms with E-state index in [-0.39, 0.29) is 42.9 Å². The highest BCUT2D eigenvalue weighted by Gasteiger charge is 2.73. The van der Waals surface area contributed by atoms with E-state index in [1.54, 1.807) is 28.3 Å². The number of nitrogens with zero attached hydrogens (tertiary/aromatic N) is 4. The first kappa shape index (κ1) is 25.0. The van der Waals surface area contributed by atoms with Gasteiger partial charge in [0.25, 0.3) is 0 Å². The molecule has 5 atom stereocenters. The van der Waals surface area contributed by atoms with Gasteiger partial charge in [0.1, 0.15) is 18.2 Å². The first-order valence-corrected chi connectivity index (χ1v) is 13.7. The molecule has 2 unspecified atom stereocenters. The maximum atomic E-state index is 13.8. The number of unbranched alkanes of at least 4 members (excludes halogenated alkanes) is 3. The van der Waals surface area contributed by atoms with Gasteiger partial charge in [0.2, 0.25) is 11.8 Å². The maximum absolute atomic E-state index is 13.8. The summed E-state index contributed by atoms with van der Waals surface area (Å²) in [5.74, 6) is -1.71. The molecule has 1 aromatic carbocycles. The summed E-state index contributed by atoms with van der Waals surface area (Å²) in [5, 5.41) is 20.4. The Labute approximate surface area is 214 Å². The average molecular weight is 516 g/mol. The first-order chi connectivity index (χ1) is 17.5. The molecular formula is C25H33N5O5S. The van der Waals surface area contributed by atoms with Crippen LogP contribution in [0.4, 0.5) is 0 Å². The van der Waals surface area contributed by atoms with Crippen molar-refractivity contribution in [3.63, 3.8) is 0 Å². The zero-order valence-electron chi connectivity index (χ0n) is 20.5. The number of ether oxygens (including phenoxy) is 1. The highest BCUT2D eigenvalue weighted by Crippen LogP contribution is 2.66. The minimum atomic E-state index is -0.656. The minimum absolute atomic E-state index is 0.000682. The third kappa shape index (κ3) is 4.15. The normalized spacial score (nSPS) is 28.6. The van der Waals surface area contributed by atoms with E-state index >= 15 is 0 Å². The molecule has 4 heterocycles. The zero-order chi connectivity index (χ0) is 25.3. The molecule has 3 aliphatic rings. The lowest BCUT2D eigenvalue weighted by Crippen LogP contribution is -2.53. The minimum Gasteiger partial charge on any atom is -0.466 e. The second-order valence-electron chi connectivity index (χ2n) is 9.75. The Balaban J connectivity index is 1.38. The Morgan fingerprint density at radius 1 is 1.25 bits per heavy atom. The Morgan fingerprint density at radius 2 is 2.06 bits per heavy atom. The highest BCUT2D eigenvalue weighted by molar-refractivity contribution is 8.02. The van der Waals surface area contributed by atoms with E-state index < -0.39 is 22.6 Å². The second-order valence-corrected chi connectivity index (χ2v) is 11.4. The largest absolute Gasteiger partial charge is 0.466 e. The van der Waals surface area contributed by atoms with Crippen molar-refractivity contribution in [3.8, 4) is 0 Å². The third-order valence-electron chi connectivity index (χ3n) is 7.74. The van der Waals surface area contributed by atoms with Gasteiger partial charge in [0, 0.05) is 18.4 Å². The van der Waals surface area contributed by atoms with Crippen LogP contribution in [0.5, 0.6) is 0 Å². The number of aromatic nitrogens is 3. The Bertz CT molecular complexity index is 1140. The number of nitrogens with one attached hydrogen (secondary N) is 1. The molecule has 3 fully saturated rings. The van der Waals surface area contributed by atoms with E-state index in [9.17, 15) is 14.4 Å². The summed E-state index contributed by atoms with van der Waals surface area (Å²) in [4.78, 5) is 42.2. The van der Waals surface area contributed by atoms with Gasteiger partial charge in [-0.2, -0.15) is 0 Å². The molecule has 3 aliphatic heterocycles. The van der Waals surface area contributed by atoms with E-state index in [2.05, 4.69) is 15.6 Å². The Hall–Kier alpha value is -2.66. The van der Waals surface area contributed by atoms with Gasteiger partial charge in [-0.25, -0.2) is 4.68 Å². The number of rotatable bonds is 11. The van der Waals surface area contributed by atoms with Crippen LogP contribution in [0.25, 0.3) is 11.0 Å². The molecule has 3 saturated heterocycles. The molecule has 36 heavy (non-hydrogen) atoms. The Kier molecular flexibility index (Phi) is 7.21. The van der Waals surface area contributed by atoms with Crippen molar-refractivity contribution >= 4 is 40.6 Å². The number of fused-ring (bicyclic) bond motifs is 2. The van der Waals surface area contributed by atoms with Crippen LogP contribution in [0, 0.1) is 11.8 Å². The summed E-state index contributed by atoms with van der Waals surface area (Å²) in [6, 6.07) is 6.88. The van der Waals surface area contributed by atoms with Crippen LogP contribution in [0.15, 0.2) is 24.3 Å². The van der Waals surface area contributed by atoms with E-state index in [0.29, 0.717) is 6.54 Å². The number of hydrogen-bond acceptors (Lipinski definition) is 8. The van der Waals surface area contributed by atoms with Crippen LogP contribution in [0.3, 0.4) is 0 Å². The second kappa shape index (κ2) is 10.4. The fourth-order valence-corrected chi connectivity index (χ4v) is 8.44. The Morgan fingerprint density at radius 3 is 2.86 bits per heavy atom. The van der Waals surface area contributed by atoms with Crippen LogP contribution >= 0.6 is 11.8 Å². The van der Waals surface area contributed by atoms with Crippen molar-refractivity contribution in [2.45, 2.75) is 68.2 Å². The van der Waals surface area contributed by atoms with Crippen LogP contribution in [-0.4, -0.2) is 78.6 Å². The molecule has 5 rings (SSSR count). The quantitative estimate of drug-likeness (QED) is 0.342. The lowest BCUT2D eigenvalue weighted by molar-refractivity contribution is -0.153. The van der Waals surface area contributed by atoms with Crippen LogP contribution in [-0.2, 0) is 25.8 Å².